The molecule has 0 saturated carbocycles. The van der Waals surface area contributed by atoms with Gasteiger partial charge in [0.1, 0.15) is 22.3 Å². The molecule has 2 heterocycles. The van der Waals surface area contributed by atoms with Gasteiger partial charge < -0.3 is 13.7 Å². The van der Waals surface area contributed by atoms with Crippen LogP contribution in [-0.4, -0.2) is 0 Å². The van der Waals surface area contributed by atoms with Crippen LogP contribution in [0.5, 0.6) is 0 Å². The Kier molecular flexibility index (Phi) is 5.96. The van der Waals surface area contributed by atoms with E-state index in [0.717, 1.165) is 60.9 Å². The van der Waals surface area contributed by atoms with Crippen LogP contribution >= 0.6 is 0 Å². The molecular formula is C48H29NO2. The van der Waals surface area contributed by atoms with Crippen LogP contribution in [0.4, 0.5) is 17.1 Å². The van der Waals surface area contributed by atoms with Crippen molar-refractivity contribution in [2.75, 3.05) is 4.90 Å². The van der Waals surface area contributed by atoms with Gasteiger partial charge in [-0.05, 0) is 104 Å². The number of hydrogen-bond donors (Lipinski definition) is 0. The summed E-state index contributed by atoms with van der Waals surface area (Å²) in [6.07, 6.45) is 0. The summed E-state index contributed by atoms with van der Waals surface area (Å²) in [6.45, 7) is 0. The van der Waals surface area contributed by atoms with Crippen LogP contribution in [0.25, 0.3) is 87.3 Å². The lowest BCUT2D eigenvalue weighted by atomic mass is 9.94. The van der Waals surface area contributed by atoms with Gasteiger partial charge in [0.15, 0.2) is 0 Å². The zero-order chi connectivity index (χ0) is 33.5. The number of para-hydroxylation sites is 2. The highest BCUT2D eigenvalue weighted by molar-refractivity contribution is 6.20. The Bertz CT molecular complexity index is 3140. The molecule has 0 aliphatic heterocycles. The molecule has 0 amide bonds. The lowest BCUT2D eigenvalue weighted by molar-refractivity contribution is 0.668. The molecular weight excluding hydrogens is 623 g/mol. The minimum Gasteiger partial charge on any atom is -0.456 e. The highest BCUT2D eigenvalue weighted by Crippen LogP contribution is 2.42. The fraction of sp³-hybridized carbons (Fsp3) is 0. The molecule has 0 bridgehead atoms. The Morgan fingerprint density at radius 3 is 1.63 bits per heavy atom. The minimum absolute atomic E-state index is 0.862. The number of rotatable bonds is 4. The van der Waals surface area contributed by atoms with E-state index >= 15 is 0 Å². The average molecular weight is 652 g/mol. The molecule has 9 aromatic carbocycles. The number of fused-ring (bicyclic) bond motifs is 11. The molecule has 11 rings (SSSR count). The van der Waals surface area contributed by atoms with E-state index in [1.807, 2.05) is 24.3 Å². The third kappa shape index (κ3) is 4.38. The monoisotopic (exact) mass is 651 g/mol. The Balaban J connectivity index is 1.07. The Labute approximate surface area is 293 Å². The number of nitrogens with zero attached hydrogens (tertiary/aromatic N) is 1. The largest absolute Gasteiger partial charge is 0.456 e. The molecule has 2 aromatic heterocycles. The molecule has 0 N–H and O–H groups in total. The second-order valence-corrected chi connectivity index (χ2v) is 13.3. The van der Waals surface area contributed by atoms with Crippen LogP contribution in [-0.2, 0) is 0 Å². The van der Waals surface area contributed by atoms with E-state index in [4.69, 9.17) is 8.83 Å². The van der Waals surface area contributed by atoms with Crippen molar-refractivity contribution in [3.05, 3.63) is 176 Å². The van der Waals surface area contributed by atoms with Gasteiger partial charge in [0.2, 0.25) is 0 Å². The molecule has 0 fully saturated rings. The maximum absolute atomic E-state index is 6.36. The van der Waals surface area contributed by atoms with Gasteiger partial charge in [-0.25, -0.2) is 0 Å². The zero-order valence-electron chi connectivity index (χ0n) is 27.5. The molecule has 3 nitrogen and oxygen atoms in total. The van der Waals surface area contributed by atoms with Crippen molar-refractivity contribution >= 4 is 93.3 Å². The molecule has 0 atom stereocenters. The Hall–Kier alpha value is -6.84. The normalized spacial score (nSPS) is 11.9. The summed E-state index contributed by atoms with van der Waals surface area (Å²) in [5.74, 6) is 0. The van der Waals surface area contributed by atoms with Crippen LogP contribution in [0.3, 0.4) is 0 Å². The van der Waals surface area contributed by atoms with E-state index in [1.54, 1.807) is 0 Å². The first kappa shape index (κ1) is 28.0. The van der Waals surface area contributed by atoms with Crippen LogP contribution in [0, 0.1) is 0 Å². The van der Waals surface area contributed by atoms with Gasteiger partial charge in [0, 0.05) is 44.7 Å². The van der Waals surface area contributed by atoms with E-state index < -0.39 is 0 Å². The standard InChI is InChI=1S/C48H29NO2/c1-2-8-38-31(7-1)13-16-33-17-14-32-15-18-34(27-42(32)48(33)38)30-19-21-35(22-20-30)49(36-24-26-46-43(28-36)40-10-4-6-12-45(40)50-46)37-23-25-41-39-9-3-5-11-44(39)51-47(41)29-37/h1-29H. The lowest BCUT2D eigenvalue weighted by Gasteiger charge is -2.26. The Morgan fingerprint density at radius 2 is 0.824 bits per heavy atom. The fourth-order valence-corrected chi connectivity index (χ4v) is 7.96. The van der Waals surface area contributed by atoms with E-state index in [0.29, 0.717) is 0 Å². The van der Waals surface area contributed by atoms with E-state index in [9.17, 15) is 0 Å². The molecule has 11 aromatic rings. The topological polar surface area (TPSA) is 29.5 Å². The van der Waals surface area contributed by atoms with Crippen molar-refractivity contribution in [3.63, 3.8) is 0 Å². The van der Waals surface area contributed by atoms with Crippen LogP contribution in [0.15, 0.2) is 185 Å². The first-order chi connectivity index (χ1) is 25.2. The number of benzene rings is 9. The van der Waals surface area contributed by atoms with Crippen molar-refractivity contribution in [1.82, 2.24) is 0 Å². The van der Waals surface area contributed by atoms with Gasteiger partial charge in [0.25, 0.3) is 0 Å². The summed E-state index contributed by atoms with van der Waals surface area (Å²) in [5, 5.41) is 12.0. The minimum atomic E-state index is 0.862. The first-order valence-electron chi connectivity index (χ1n) is 17.3. The maximum Gasteiger partial charge on any atom is 0.137 e. The quantitative estimate of drug-likeness (QED) is 0.177. The van der Waals surface area contributed by atoms with Crippen molar-refractivity contribution in [3.8, 4) is 11.1 Å². The zero-order valence-corrected chi connectivity index (χ0v) is 27.5. The summed E-state index contributed by atoms with van der Waals surface area (Å²) >= 11 is 0. The summed E-state index contributed by atoms with van der Waals surface area (Å²) in [6, 6.07) is 62.8. The van der Waals surface area contributed by atoms with Crippen LogP contribution < -0.4 is 4.90 Å². The summed E-state index contributed by atoms with van der Waals surface area (Å²) in [7, 11) is 0. The molecule has 3 heteroatoms. The number of hydrogen-bond acceptors (Lipinski definition) is 3. The third-order valence-electron chi connectivity index (χ3n) is 10.4. The molecule has 0 aliphatic rings. The summed E-state index contributed by atoms with van der Waals surface area (Å²) in [4.78, 5) is 2.30. The van der Waals surface area contributed by atoms with E-state index in [-0.39, 0.29) is 0 Å². The van der Waals surface area contributed by atoms with Crippen molar-refractivity contribution in [2.24, 2.45) is 0 Å². The Morgan fingerprint density at radius 1 is 0.294 bits per heavy atom. The average Bonchev–Trinajstić information content (AvgIpc) is 3.75. The number of anilines is 3. The second kappa shape index (κ2) is 10.8. The molecule has 0 unspecified atom stereocenters. The molecule has 0 radical (unpaired) electrons. The smallest absolute Gasteiger partial charge is 0.137 e. The highest BCUT2D eigenvalue weighted by atomic mass is 16.3. The highest BCUT2D eigenvalue weighted by Gasteiger charge is 2.18. The predicted molar refractivity (Wildman–Crippen MR) is 214 cm³/mol. The second-order valence-electron chi connectivity index (χ2n) is 13.3. The molecule has 0 saturated heterocycles. The molecule has 0 spiro atoms. The van der Waals surface area contributed by atoms with Crippen molar-refractivity contribution in [2.45, 2.75) is 0 Å². The van der Waals surface area contributed by atoms with Crippen LogP contribution in [0.1, 0.15) is 0 Å². The lowest BCUT2D eigenvalue weighted by Crippen LogP contribution is -2.09. The van der Waals surface area contributed by atoms with Gasteiger partial charge >= 0.3 is 0 Å². The fourth-order valence-electron chi connectivity index (χ4n) is 7.96. The van der Waals surface area contributed by atoms with Crippen molar-refractivity contribution in [1.29, 1.82) is 0 Å². The van der Waals surface area contributed by atoms with Gasteiger partial charge in [0.05, 0.1) is 0 Å². The van der Waals surface area contributed by atoms with Crippen LogP contribution in [0.2, 0.25) is 0 Å². The SMILES string of the molecule is c1ccc2c(c1)ccc1ccc3ccc(-c4ccc(N(c5ccc6c(c5)oc5ccccc56)c5ccc6oc7ccccc7c6c5)cc4)cc3c12. The summed E-state index contributed by atoms with van der Waals surface area (Å²) in [5.41, 5.74) is 8.99. The third-order valence-corrected chi connectivity index (χ3v) is 10.4. The van der Waals surface area contributed by atoms with Crippen molar-refractivity contribution < 1.29 is 8.83 Å². The molecule has 51 heavy (non-hydrogen) atoms. The predicted octanol–water partition coefficient (Wildman–Crippen LogP) is 14.1. The van der Waals surface area contributed by atoms with E-state index in [2.05, 4.69) is 157 Å². The number of furan rings is 2. The molecule has 238 valence electrons. The van der Waals surface area contributed by atoms with Gasteiger partial charge in [-0.2, -0.15) is 0 Å². The first-order valence-corrected chi connectivity index (χ1v) is 17.3. The van der Waals surface area contributed by atoms with E-state index in [1.165, 1.54) is 43.4 Å². The maximum atomic E-state index is 6.36. The van der Waals surface area contributed by atoms with Gasteiger partial charge in [-0.3, -0.25) is 0 Å². The van der Waals surface area contributed by atoms with Gasteiger partial charge in [-0.15, -0.1) is 0 Å². The van der Waals surface area contributed by atoms with Gasteiger partial charge in [-0.1, -0.05) is 109 Å². The molecule has 0 aliphatic carbocycles. The summed E-state index contributed by atoms with van der Waals surface area (Å²) < 4.78 is 12.6.